The average molecular weight is 407 g/mol. The average Bonchev–Trinajstić information content (AvgIpc) is 2.57. The number of benzene rings is 2. The Morgan fingerprint density at radius 2 is 2.00 bits per heavy atom. The van der Waals surface area contributed by atoms with E-state index in [0.717, 1.165) is 30.0 Å². The molecule has 0 aliphatic heterocycles. The summed E-state index contributed by atoms with van der Waals surface area (Å²) in [5, 5.41) is 22.8. The van der Waals surface area contributed by atoms with Gasteiger partial charge in [-0.05, 0) is 36.6 Å². The third-order valence-corrected chi connectivity index (χ3v) is 4.15. The molecule has 26 heavy (non-hydrogen) atoms. The standard InChI is InChI=1S/C15H10ClF3N2O4S/c1-26-14(20-22)10-7-9(3-4-12(10)21(23)24)25-13-5-2-8(6-11(13)16)15(17,18)19/h2-7,22H,1H3/b20-14+. The summed E-state index contributed by atoms with van der Waals surface area (Å²) in [6.45, 7) is 0. The van der Waals surface area contributed by atoms with Gasteiger partial charge in [0.2, 0.25) is 0 Å². The molecule has 0 aliphatic carbocycles. The predicted octanol–water partition coefficient (Wildman–Crippen LogP) is 5.56. The number of hydrogen-bond donors (Lipinski definition) is 1. The van der Waals surface area contributed by atoms with E-state index in [9.17, 15) is 23.3 Å². The number of hydrogen-bond acceptors (Lipinski definition) is 6. The third kappa shape index (κ3) is 4.38. The van der Waals surface area contributed by atoms with Crippen LogP contribution in [-0.4, -0.2) is 21.4 Å². The second kappa shape index (κ2) is 7.83. The monoisotopic (exact) mass is 406 g/mol. The van der Waals surface area contributed by atoms with Gasteiger partial charge in [-0.15, -0.1) is 11.8 Å². The van der Waals surface area contributed by atoms with E-state index in [1.807, 2.05) is 0 Å². The van der Waals surface area contributed by atoms with Gasteiger partial charge in [0, 0.05) is 6.07 Å². The van der Waals surface area contributed by atoms with E-state index < -0.39 is 16.7 Å². The summed E-state index contributed by atoms with van der Waals surface area (Å²) in [4.78, 5) is 10.4. The molecular formula is C15H10ClF3N2O4S. The van der Waals surface area contributed by atoms with Gasteiger partial charge in [-0.1, -0.05) is 16.8 Å². The van der Waals surface area contributed by atoms with Gasteiger partial charge in [0.1, 0.15) is 16.5 Å². The summed E-state index contributed by atoms with van der Waals surface area (Å²) < 4.78 is 43.4. The summed E-state index contributed by atoms with van der Waals surface area (Å²) in [6, 6.07) is 6.18. The number of thioether (sulfide) groups is 1. The van der Waals surface area contributed by atoms with Gasteiger partial charge in [0.05, 0.1) is 21.1 Å². The minimum absolute atomic E-state index is 0.00876. The Morgan fingerprint density at radius 1 is 1.31 bits per heavy atom. The lowest BCUT2D eigenvalue weighted by atomic mass is 10.2. The molecule has 6 nitrogen and oxygen atoms in total. The maximum Gasteiger partial charge on any atom is 0.416 e. The van der Waals surface area contributed by atoms with Gasteiger partial charge in [-0.3, -0.25) is 10.1 Å². The maximum absolute atomic E-state index is 12.7. The van der Waals surface area contributed by atoms with Crippen LogP contribution in [0.2, 0.25) is 5.02 Å². The second-order valence-electron chi connectivity index (χ2n) is 4.79. The SMILES string of the molecule is CS/C(=N/O)c1cc(Oc2ccc(C(F)(F)F)cc2Cl)ccc1[N+](=O)[O-]. The first-order valence-corrected chi connectivity index (χ1v) is 8.37. The molecule has 2 aromatic carbocycles. The van der Waals surface area contributed by atoms with Crippen molar-refractivity contribution in [3.05, 3.63) is 62.7 Å². The molecule has 0 aromatic heterocycles. The van der Waals surface area contributed by atoms with Crippen LogP contribution in [0, 0.1) is 10.1 Å². The fourth-order valence-electron chi connectivity index (χ4n) is 2.00. The van der Waals surface area contributed by atoms with Crippen molar-refractivity contribution < 1.29 is 28.0 Å². The smallest absolute Gasteiger partial charge is 0.416 e. The predicted molar refractivity (Wildman–Crippen MR) is 91.5 cm³/mol. The van der Waals surface area contributed by atoms with Crippen LogP contribution in [0.4, 0.5) is 18.9 Å². The minimum Gasteiger partial charge on any atom is -0.456 e. The normalized spacial score (nSPS) is 12.1. The van der Waals surface area contributed by atoms with Crippen LogP contribution in [0.1, 0.15) is 11.1 Å². The second-order valence-corrected chi connectivity index (χ2v) is 5.99. The Morgan fingerprint density at radius 3 is 2.50 bits per heavy atom. The highest BCUT2D eigenvalue weighted by Crippen LogP contribution is 2.37. The number of rotatable bonds is 4. The van der Waals surface area contributed by atoms with Gasteiger partial charge in [-0.2, -0.15) is 13.2 Å². The minimum atomic E-state index is -4.55. The summed E-state index contributed by atoms with van der Waals surface area (Å²) >= 11 is 6.79. The molecule has 0 spiro atoms. The summed E-state index contributed by atoms with van der Waals surface area (Å²) in [5.41, 5.74) is -1.26. The van der Waals surface area contributed by atoms with Gasteiger partial charge >= 0.3 is 6.18 Å². The molecule has 0 radical (unpaired) electrons. The molecule has 0 atom stereocenters. The molecule has 2 rings (SSSR count). The van der Waals surface area contributed by atoms with E-state index in [1.54, 1.807) is 6.26 Å². The molecule has 0 aliphatic rings. The molecule has 1 N–H and O–H groups in total. The van der Waals surface area contributed by atoms with E-state index in [1.165, 1.54) is 12.1 Å². The number of nitro benzene ring substituents is 1. The molecule has 0 saturated carbocycles. The number of nitro groups is 1. The molecule has 0 heterocycles. The van der Waals surface area contributed by atoms with Crippen molar-refractivity contribution in [2.24, 2.45) is 5.16 Å². The molecular weight excluding hydrogens is 397 g/mol. The number of halogens is 4. The molecule has 138 valence electrons. The third-order valence-electron chi connectivity index (χ3n) is 3.17. The zero-order valence-electron chi connectivity index (χ0n) is 13.0. The summed E-state index contributed by atoms with van der Waals surface area (Å²) in [6.07, 6.45) is -2.99. The van der Waals surface area contributed by atoms with Gasteiger partial charge in [0.15, 0.2) is 0 Å². The van der Waals surface area contributed by atoms with Gasteiger partial charge in [0.25, 0.3) is 5.69 Å². The lowest BCUT2D eigenvalue weighted by molar-refractivity contribution is -0.385. The van der Waals surface area contributed by atoms with Crippen molar-refractivity contribution in [2.75, 3.05) is 6.26 Å². The first-order chi connectivity index (χ1) is 12.2. The van der Waals surface area contributed by atoms with Crippen molar-refractivity contribution in [1.29, 1.82) is 0 Å². The summed E-state index contributed by atoms with van der Waals surface area (Å²) in [5.74, 6) is 0.00793. The fourth-order valence-corrected chi connectivity index (χ4v) is 2.68. The van der Waals surface area contributed by atoms with Crippen molar-refractivity contribution in [2.45, 2.75) is 6.18 Å². The number of ether oxygens (including phenoxy) is 1. The Hall–Kier alpha value is -2.46. The van der Waals surface area contributed by atoms with Crippen LogP contribution < -0.4 is 4.74 Å². The zero-order chi connectivity index (χ0) is 19.5. The molecule has 0 fully saturated rings. The molecule has 0 amide bonds. The topological polar surface area (TPSA) is 85.0 Å². The Labute approximate surface area is 154 Å². The molecule has 0 bridgehead atoms. The van der Waals surface area contributed by atoms with Gasteiger partial charge in [-0.25, -0.2) is 0 Å². The van der Waals surface area contributed by atoms with Crippen molar-refractivity contribution in [3.8, 4) is 11.5 Å². The lowest BCUT2D eigenvalue weighted by Gasteiger charge is -2.12. The molecule has 0 saturated heterocycles. The Bertz CT molecular complexity index is 874. The Kier molecular flexibility index (Phi) is 5.98. The van der Waals surface area contributed by atoms with E-state index in [2.05, 4.69) is 5.16 Å². The van der Waals surface area contributed by atoms with Crippen molar-refractivity contribution >= 4 is 34.1 Å². The van der Waals surface area contributed by atoms with E-state index in [4.69, 9.17) is 21.5 Å². The summed E-state index contributed by atoms with van der Waals surface area (Å²) in [7, 11) is 0. The molecule has 11 heteroatoms. The quantitative estimate of drug-likeness (QED) is 0.236. The van der Waals surface area contributed by atoms with E-state index in [0.29, 0.717) is 6.07 Å². The van der Waals surface area contributed by atoms with Crippen LogP contribution >= 0.6 is 23.4 Å². The van der Waals surface area contributed by atoms with Crippen LogP contribution in [0.15, 0.2) is 41.6 Å². The van der Waals surface area contributed by atoms with Crippen LogP contribution in [0.25, 0.3) is 0 Å². The largest absolute Gasteiger partial charge is 0.456 e. The fraction of sp³-hybridized carbons (Fsp3) is 0.133. The number of oxime groups is 1. The lowest BCUT2D eigenvalue weighted by Crippen LogP contribution is -2.04. The number of alkyl halides is 3. The van der Waals surface area contributed by atoms with Crippen molar-refractivity contribution in [3.63, 3.8) is 0 Å². The van der Waals surface area contributed by atoms with Crippen LogP contribution in [0.3, 0.4) is 0 Å². The van der Waals surface area contributed by atoms with Crippen LogP contribution in [0.5, 0.6) is 11.5 Å². The Balaban J connectivity index is 2.42. The van der Waals surface area contributed by atoms with Crippen molar-refractivity contribution in [1.82, 2.24) is 0 Å². The van der Waals surface area contributed by atoms with Crippen LogP contribution in [-0.2, 0) is 6.18 Å². The zero-order valence-corrected chi connectivity index (χ0v) is 14.5. The van der Waals surface area contributed by atoms with E-state index >= 15 is 0 Å². The highest BCUT2D eigenvalue weighted by Gasteiger charge is 2.31. The molecule has 0 unspecified atom stereocenters. The maximum atomic E-state index is 12.7. The van der Waals surface area contributed by atoms with E-state index in [-0.39, 0.29) is 32.8 Å². The first kappa shape index (κ1) is 19.9. The highest BCUT2D eigenvalue weighted by molar-refractivity contribution is 8.13. The van der Waals surface area contributed by atoms with Gasteiger partial charge < -0.3 is 9.94 Å². The first-order valence-electron chi connectivity index (χ1n) is 6.76. The number of nitrogens with zero attached hydrogens (tertiary/aromatic N) is 2. The molecule has 2 aromatic rings. The highest BCUT2D eigenvalue weighted by atomic mass is 35.5.